The minimum atomic E-state index is 0.340. The molecule has 0 saturated heterocycles. The molecule has 0 aliphatic heterocycles. The van der Waals surface area contributed by atoms with Crippen molar-refractivity contribution in [2.75, 3.05) is 12.3 Å². The molecule has 0 saturated carbocycles. The number of aromatic nitrogens is 2. The highest BCUT2D eigenvalue weighted by molar-refractivity contribution is 9.10. The maximum Gasteiger partial charge on any atom is 0.0537 e. The highest BCUT2D eigenvalue weighted by atomic mass is 79.9. The second-order valence-electron chi connectivity index (χ2n) is 4.72. The van der Waals surface area contributed by atoms with E-state index in [-0.39, 0.29) is 0 Å². The molecule has 0 aliphatic rings. The van der Waals surface area contributed by atoms with Crippen LogP contribution in [-0.4, -0.2) is 22.1 Å². The first-order valence-corrected chi connectivity index (χ1v) is 8.57. The van der Waals surface area contributed by atoms with Crippen LogP contribution < -0.4 is 5.32 Å². The number of halogens is 1. The standard InChI is InChI=1S/C15H20BrN3S/c1-3-7-17-15(12-9-18-19(2)10-12)11-20-14-6-4-5-13(16)8-14/h4-6,8-10,15,17H,3,7,11H2,1-2H3. The maximum absolute atomic E-state index is 4.27. The third kappa shape index (κ3) is 4.65. The van der Waals surface area contributed by atoms with E-state index in [1.54, 1.807) is 0 Å². The molecule has 2 aromatic rings. The normalized spacial score (nSPS) is 12.6. The van der Waals surface area contributed by atoms with Crippen molar-refractivity contribution in [1.29, 1.82) is 0 Å². The summed E-state index contributed by atoms with van der Waals surface area (Å²) in [5.74, 6) is 1.00. The molecule has 1 aromatic heterocycles. The molecular formula is C15H20BrN3S. The third-order valence-electron chi connectivity index (χ3n) is 2.98. The van der Waals surface area contributed by atoms with Crippen molar-refractivity contribution in [3.8, 4) is 0 Å². The summed E-state index contributed by atoms with van der Waals surface area (Å²) in [6.45, 7) is 3.22. The van der Waals surface area contributed by atoms with Gasteiger partial charge in [0.05, 0.1) is 6.20 Å². The van der Waals surface area contributed by atoms with Gasteiger partial charge in [0.2, 0.25) is 0 Å². The van der Waals surface area contributed by atoms with Gasteiger partial charge in [-0.2, -0.15) is 5.10 Å². The van der Waals surface area contributed by atoms with Crippen LogP contribution in [0.5, 0.6) is 0 Å². The monoisotopic (exact) mass is 353 g/mol. The Morgan fingerprint density at radius 1 is 1.45 bits per heavy atom. The van der Waals surface area contributed by atoms with Gasteiger partial charge in [-0.05, 0) is 31.2 Å². The van der Waals surface area contributed by atoms with Crippen LogP contribution in [0.15, 0.2) is 46.0 Å². The summed E-state index contributed by atoms with van der Waals surface area (Å²) < 4.78 is 2.99. The Bertz CT molecular complexity index is 541. The fourth-order valence-electron chi connectivity index (χ4n) is 1.95. The molecule has 0 radical (unpaired) electrons. The Labute approximate surface area is 133 Å². The van der Waals surface area contributed by atoms with E-state index in [2.05, 4.69) is 63.7 Å². The van der Waals surface area contributed by atoms with Gasteiger partial charge >= 0.3 is 0 Å². The van der Waals surface area contributed by atoms with E-state index in [1.165, 1.54) is 10.5 Å². The molecule has 108 valence electrons. The second kappa shape index (κ2) is 7.86. The van der Waals surface area contributed by atoms with Gasteiger partial charge < -0.3 is 5.32 Å². The van der Waals surface area contributed by atoms with Crippen LogP contribution in [0.2, 0.25) is 0 Å². The highest BCUT2D eigenvalue weighted by Gasteiger charge is 2.13. The van der Waals surface area contributed by atoms with Crippen molar-refractivity contribution in [1.82, 2.24) is 15.1 Å². The minimum Gasteiger partial charge on any atom is -0.309 e. The molecule has 1 aromatic carbocycles. The molecule has 0 amide bonds. The van der Waals surface area contributed by atoms with Gasteiger partial charge in [0.25, 0.3) is 0 Å². The lowest BCUT2D eigenvalue weighted by molar-refractivity contribution is 0.577. The number of nitrogens with one attached hydrogen (secondary N) is 1. The number of benzene rings is 1. The average molecular weight is 354 g/mol. The molecule has 1 heterocycles. The zero-order valence-electron chi connectivity index (χ0n) is 11.8. The first-order chi connectivity index (χ1) is 9.69. The largest absolute Gasteiger partial charge is 0.309 e. The van der Waals surface area contributed by atoms with E-state index >= 15 is 0 Å². The molecule has 5 heteroatoms. The molecule has 1 N–H and O–H groups in total. The smallest absolute Gasteiger partial charge is 0.0537 e. The summed E-state index contributed by atoms with van der Waals surface area (Å²) in [4.78, 5) is 1.28. The van der Waals surface area contributed by atoms with E-state index in [1.807, 2.05) is 29.7 Å². The average Bonchev–Trinajstić information content (AvgIpc) is 2.85. The fourth-order valence-corrected chi connectivity index (χ4v) is 3.55. The predicted molar refractivity (Wildman–Crippen MR) is 89.1 cm³/mol. The Morgan fingerprint density at radius 3 is 2.95 bits per heavy atom. The van der Waals surface area contributed by atoms with Crippen molar-refractivity contribution in [3.05, 3.63) is 46.7 Å². The first-order valence-electron chi connectivity index (χ1n) is 6.79. The third-order valence-corrected chi connectivity index (χ3v) is 4.56. The summed E-state index contributed by atoms with van der Waals surface area (Å²) in [6, 6.07) is 8.77. The molecule has 0 fully saturated rings. The summed E-state index contributed by atoms with van der Waals surface area (Å²) in [6.07, 6.45) is 5.18. The van der Waals surface area contributed by atoms with Gasteiger partial charge in [0.1, 0.15) is 0 Å². The highest BCUT2D eigenvalue weighted by Crippen LogP contribution is 2.26. The lowest BCUT2D eigenvalue weighted by Crippen LogP contribution is -2.23. The molecule has 0 bridgehead atoms. The zero-order chi connectivity index (χ0) is 14.4. The van der Waals surface area contributed by atoms with Crippen LogP contribution in [-0.2, 0) is 7.05 Å². The molecule has 0 spiro atoms. The lowest BCUT2D eigenvalue weighted by atomic mass is 10.2. The molecule has 0 aliphatic carbocycles. The van der Waals surface area contributed by atoms with E-state index in [0.29, 0.717) is 6.04 Å². The Balaban J connectivity index is 2.00. The van der Waals surface area contributed by atoms with Gasteiger partial charge in [0.15, 0.2) is 0 Å². The molecule has 2 rings (SSSR count). The van der Waals surface area contributed by atoms with Crippen LogP contribution in [0.4, 0.5) is 0 Å². The molecule has 1 atom stereocenters. The van der Waals surface area contributed by atoms with Gasteiger partial charge in [-0.1, -0.05) is 28.9 Å². The van der Waals surface area contributed by atoms with Crippen LogP contribution in [0.25, 0.3) is 0 Å². The minimum absolute atomic E-state index is 0.340. The summed E-state index contributed by atoms with van der Waals surface area (Å²) >= 11 is 5.38. The van der Waals surface area contributed by atoms with E-state index in [4.69, 9.17) is 0 Å². The fraction of sp³-hybridized carbons (Fsp3) is 0.400. The van der Waals surface area contributed by atoms with Crippen molar-refractivity contribution in [3.63, 3.8) is 0 Å². The van der Waals surface area contributed by atoms with Crippen LogP contribution in [0.3, 0.4) is 0 Å². The summed E-state index contributed by atoms with van der Waals surface area (Å²) in [7, 11) is 1.96. The Hall–Kier alpha value is -0.780. The van der Waals surface area contributed by atoms with Crippen LogP contribution >= 0.6 is 27.7 Å². The van der Waals surface area contributed by atoms with Crippen LogP contribution in [0.1, 0.15) is 24.9 Å². The lowest BCUT2D eigenvalue weighted by Gasteiger charge is -2.16. The number of aryl methyl sites for hydroxylation is 1. The molecular weight excluding hydrogens is 334 g/mol. The van der Waals surface area contributed by atoms with Crippen molar-refractivity contribution >= 4 is 27.7 Å². The summed E-state index contributed by atoms with van der Waals surface area (Å²) in [5.41, 5.74) is 1.25. The Kier molecular flexibility index (Phi) is 6.13. The quantitative estimate of drug-likeness (QED) is 0.762. The number of rotatable bonds is 7. The second-order valence-corrected chi connectivity index (χ2v) is 6.73. The maximum atomic E-state index is 4.27. The van der Waals surface area contributed by atoms with Crippen LogP contribution in [0, 0.1) is 0 Å². The predicted octanol–water partition coefficient (Wildman–Crippen LogP) is 4.02. The van der Waals surface area contributed by atoms with Gasteiger partial charge in [-0.3, -0.25) is 4.68 Å². The number of thioether (sulfide) groups is 1. The van der Waals surface area contributed by atoms with Gasteiger partial charge in [-0.15, -0.1) is 11.8 Å². The first kappa shape index (κ1) is 15.6. The van der Waals surface area contributed by atoms with Crippen molar-refractivity contribution in [2.45, 2.75) is 24.3 Å². The SMILES string of the molecule is CCCNC(CSc1cccc(Br)c1)c1cnn(C)c1. The van der Waals surface area contributed by atoms with Crippen molar-refractivity contribution < 1.29 is 0 Å². The topological polar surface area (TPSA) is 29.9 Å². The number of hydrogen-bond acceptors (Lipinski definition) is 3. The molecule has 3 nitrogen and oxygen atoms in total. The number of hydrogen-bond donors (Lipinski definition) is 1. The Morgan fingerprint density at radius 2 is 2.30 bits per heavy atom. The number of nitrogens with zero attached hydrogens (tertiary/aromatic N) is 2. The summed E-state index contributed by atoms with van der Waals surface area (Å²) in [5, 5.41) is 7.87. The zero-order valence-corrected chi connectivity index (χ0v) is 14.2. The van der Waals surface area contributed by atoms with Gasteiger partial charge in [0, 0.05) is 40.0 Å². The van der Waals surface area contributed by atoms with Crippen molar-refractivity contribution in [2.24, 2.45) is 7.05 Å². The molecule has 20 heavy (non-hydrogen) atoms. The van der Waals surface area contributed by atoms with E-state index < -0.39 is 0 Å². The van der Waals surface area contributed by atoms with Gasteiger partial charge in [-0.25, -0.2) is 0 Å². The van der Waals surface area contributed by atoms with E-state index in [0.717, 1.165) is 23.2 Å². The van der Waals surface area contributed by atoms with E-state index in [9.17, 15) is 0 Å². The molecule has 1 unspecified atom stereocenters.